The van der Waals surface area contributed by atoms with Gasteiger partial charge in [-0.3, -0.25) is 4.98 Å². The van der Waals surface area contributed by atoms with Crippen LogP contribution in [0.15, 0.2) is 48.7 Å². The van der Waals surface area contributed by atoms with Gasteiger partial charge in [0.05, 0.1) is 19.7 Å². The number of benzene rings is 2. The Labute approximate surface area is 146 Å². The number of para-hydroxylation sites is 1. The minimum atomic E-state index is 0.664. The number of hydrogen-bond acceptors (Lipinski definition) is 4. The maximum absolute atomic E-state index is 6.24. The Morgan fingerprint density at radius 2 is 1.79 bits per heavy atom. The summed E-state index contributed by atoms with van der Waals surface area (Å²) >= 11 is 6.24. The lowest BCUT2D eigenvalue weighted by Crippen LogP contribution is -2.14. The molecule has 3 rings (SSSR count). The summed E-state index contributed by atoms with van der Waals surface area (Å²) in [6.07, 6.45) is 1.78. The smallest absolute Gasteiger partial charge is 0.165 e. The van der Waals surface area contributed by atoms with Gasteiger partial charge in [-0.25, -0.2) is 0 Å². The van der Waals surface area contributed by atoms with Crippen molar-refractivity contribution in [3.8, 4) is 11.5 Å². The average Bonchev–Trinajstić information content (AvgIpc) is 2.63. The van der Waals surface area contributed by atoms with Gasteiger partial charge in [-0.2, -0.15) is 0 Å². The van der Waals surface area contributed by atoms with Crippen LogP contribution in [-0.4, -0.2) is 19.2 Å². The van der Waals surface area contributed by atoms with E-state index >= 15 is 0 Å². The summed E-state index contributed by atoms with van der Waals surface area (Å²) in [5.74, 6) is 1.49. The molecule has 1 heterocycles. The first-order chi connectivity index (χ1) is 11.7. The molecule has 24 heavy (non-hydrogen) atoms. The predicted molar refractivity (Wildman–Crippen MR) is 96.8 cm³/mol. The second-order valence-corrected chi connectivity index (χ2v) is 5.77. The Morgan fingerprint density at radius 3 is 2.58 bits per heavy atom. The fourth-order valence-corrected chi connectivity index (χ4v) is 2.98. The van der Waals surface area contributed by atoms with Crippen molar-refractivity contribution < 1.29 is 9.47 Å². The van der Waals surface area contributed by atoms with Crippen molar-refractivity contribution in [3.05, 3.63) is 64.8 Å². The van der Waals surface area contributed by atoms with E-state index in [1.807, 2.05) is 42.5 Å². The van der Waals surface area contributed by atoms with Gasteiger partial charge in [0, 0.05) is 35.3 Å². The van der Waals surface area contributed by atoms with E-state index in [-0.39, 0.29) is 0 Å². The number of hydrogen-bond donors (Lipinski definition) is 1. The Hall–Kier alpha value is -2.30. The Kier molecular flexibility index (Phi) is 5.18. The van der Waals surface area contributed by atoms with Gasteiger partial charge < -0.3 is 14.8 Å². The molecule has 3 aromatic rings. The Balaban J connectivity index is 1.77. The lowest BCUT2D eigenvalue weighted by Gasteiger charge is -2.13. The highest BCUT2D eigenvalue weighted by atomic mass is 35.5. The summed E-state index contributed by atoms with van der Waals surface area (Å²) in [6.45, 7) is 1.35. The second-order valence-electron chi connectivity index (χ2n) is 5.36. The number of fused-ring (bicyclic) bond motifs is 1. The largest absolute Gasteiger partial charge is 0.493 e. The van der Waals surface area contributed by atoms with Crippen LogP contribution in [-0.2, 0) is 13.1 Å². The molecule has 0 aliphatic rings. The first-order valence-electron chi connectivity index (χ1n) is 7.67. The van der Waals surface area contributed by atoms with Crippen LogP contribution in [0.2, 0.25) is 5.02 Å². The molecule has 2 aromatic carbocycles. The monoisotopic (exact) mass is 342 g/mol. The van der Waals surface area contributed by atoms with Crippen molar-refractivity contribution in [1.82, 2.24) is 10.3 Å². The molecule has 0 saturated carbocycles. The van der Waals surface area contributed by atoms with Crippen LogP contribution < -0.4 is 14.8 Å². The molecule has 0 radical (unpaired) electrons. The zero-order chi connectivity index (χ0) is 16.9. The molecular weight excluding hydrogens is 324 g/mol. The first-order valence-corrected chi connectivity index (χ1v) is 8.05. The number of ether oxygens (including phenoxy) is 2. The minimum Gasteiger partial charge on any atom is -0.493 e. The van der Waals surface area contributed by atoms with Crippen LogP contribution in [0.5, 0.6) is 11.5 Å². The van der Waals surface area contributed by atoms with Crippen molar-refractivity contribution in [3.63, 3.8) is 0 Å². The van der Waals surface area contributed by atoms with Gasteiger partial charge in [0.15, 0.2) is 11.5 Å². The van der Waals surface area contributed by atoms with Gasteiger partial charge in [-0.05, 0) is 29.8 Å². The molecule has 0 saturated heterocycles. The van der Waals surface area contributed by atoms with Gasteiger partial charge in [-0.1, -0.05) is 29.8 Å². The Morgan fingerprint density at radius 1 is 0.958 bits per heavy atom. The third-order valence-electron chi connectivity index (χ3n) is 3.92. The molecule has 0 unspecified atom stereocenters. The van der Waals surface area contributed by atoms with E-state index in [4.69, 9.17) is 21.1 Å². The van der Waals surface area contributed by atoms with Crippen LogP contribution >= 0.6 is 11.6 Å². The van der Waals surface area contributed by atoms with E-state index in [1.165, 1.54) is 0 Å². The first kappa shape index (κ1) is 16.6. The number of halogens is 1. The molecule has 0 atom stereocenters. The third kappa shape index (κ3) is 3.30. The molecule has 1 N–H and O–H groups in total. The van der Waals surface area contributed by atoms with Gasteiger partial charge in [0.1, 0.15) is 0 Å². The van der Waals surface area contributed by atoms with Crippen molar-refractivity contribution in [2.75, 3.05) is 14.2 Å². The molecule has 0 fully saturated rings. The van der Waals surface area contributed by atoms with Gasteiger partial charge in [0.2, 0.25) is 0 Å². The highest BCUT2D eigenvalue weighted by Crippen LogP contribution is 2.30. The normalized spacial score (nSPS) is 10.8. The standard InChI is InChI=1S/C19H19ClN2O2/c1-23-17-7-3-5-14(19(17)24-2)12-21-11-13-8-9-16(20)15-6-4-10-22-18(13)15/h3-10,21H,11-12H2,1-2H3. The van der Waals surface area contributed by atoms with Crippen LogP contribution in [0.4, 0.5) is 0 Å². The molecule has 5 heteroatoms. The summed E-state index contributed by atoms with van der Waals surface area (Å²) < 4.78 is 10.8. The average molecular weight is 343 g/mol. The highest BCUT2D eigenvalue weighted by molar-refractivity contribution is 6.35. The molecule has 0 aliphatic heterocycles. The van der Waals surface area contributed by atoms with E-state index in [2.05, 4.69) is 10.3 Å². The number of pyridine rings is 1. The predicted octanol–water partition coefficient (Wildman–Crippen LogP) is 4.20. The highest BCUT2D eigenvalue weighted by Gasteiger charge is 2.10. The zero-order valence-electron chi connectivity index (χ0n) is 13.7. The summed E-state index contributed by atoms with van der Waals surface area (Å²) in [4.78, 5) is 4.46. The maximum Gasteiger partial charge on any atom is 0.165 e. The molecule has 4 nitrogen and oxygen atoms in total. The summed E-state index contributed by atoms with van der Waals surface area (Å²) in [7, 11) is 3.29. The van der Waals surface area contributed by atoms with E-state index in [0.717, 1.165) is 38.6 Å². The molecule has 1 aromatic heterocycles. The summed E-state index contributed by atoms with van der Waals surface area (Å²) in [6, 6.07) is 13.7. The topological polar surface area (TPSA) is 43.4 Å². The second kappa shape index (κ2) is 7.51. The number of nitrogens with zero attached hydrogens (tertiary/aromatic N) is 1. The SMILES string of the molecule is COc1cccc(CNCc2ccc(Cl)c3cccnc23)c1OC. The maximum atomic E-state index is 6.24. The fraction of sp³-hybridized carbons (Fsp3) is 0.211. The van der Waals surface area contributed by atoms with Crippen LogP contribution in [0.1, 0.15) is 11.1 Å². The van der Waals surface area contributed by atoms with Gasteiger partial charge >= 0.3 is 0 Å². The van der Waals surface area contributed by atoms with E-state index in [1.54, 1.807) is 20.4 Å². The minimum absolute atomic E-state index is 0.664. The van der Waals surface area contributed by atoms with E-state index < -0.39 is 0 Å². The summed E-state index contributed by atoms with van der Waals surface area (Å²) in [5, 5.41) is 5.13. The Bertz CT molecular complexity index is 852. The molecular formula is C19H19ClN2O2. The summed E-state index contributed by atoms with van der Waals surface area (Å²) in [5.41, 5.74) is 3.08. The van der Waals surface area contributed by atoms with Crippen molar-refractivity contribution in [1.29, 1.82) is 0 Å². The van der Waals surface area contributed by atoms with E-state index in [9.17, 15) is 0 Å². The van der Waals surface area contributed by atoms with Gasteiger partial charge in [0.25, 0.3) is 0 Å². The zero-order valence-corrected chi connectivity index (χ0v) is 14.4. The molecule has 124 valence electrons. The third-order valence-corrected chi connectivity index (χ3v) is 4.25. The van der Waals surface area contributed by atoms with Crippen molar-refractivity contribution in [2.45, 2.75) is 13.1 Å². The van der Waals surface area contributed by atoms with Gasteiger partial charge in [-0.15, -0.1) is 0 Å². The molecule has 0 amide bonds. The number of nitrogens with one attached hydrogen (secondary N) is 1. The molecule has 0 aliphatic carbocycles. The fourth-order valence-electron chi connectivity index (χ4n) is 2.76. The lowest BCUT2D eigenvalue weighted by atomic mass is 10.1. The van der Waals surface area contributed by atoms with Crippen LogP contribution in [0.3, 0.4) is 0 Å². The van der Waals surface area contributed by atoms with E-state index in [0.29, 0.717) is 13.1 Å². The van der Waals surface area contributed by atoms with Crippen molar-refractivity contribution in [2.24, 2.45) is 0 Å². The van der Waals surface area contributed by atoms with Crippen LogP contribution in [0, 0.1) is 0 Å². The number of aromatic nitrogens is 1. The lowest BCUT2D eigenvalue weighted by molar-refractivity contribution is 0.350. The number of rotatable bonds is 6. The quantitative estimate of drug-likeness (QED) is 0.729. The number of methoxy groups -OCH3 is 2. The van der Waals surface area contributed by atoms with Crippen molar-refractivity contribution >= 4 is 22.5 Å². The van der Waals surface area contributed by atoms with Crippen LogP contribution in [0.25, 0.3) is 10.9 Å². The molecule has 0 spiro atoms. The molecule has 0 bridgehead atoms.